The van der Waals surface area contributed by atoms with Gasteiger partial charge in [0.25, 0.3) is 0 Å². The fraction of sp³-hybridized carbons (Fsp3) is 0.312. The molecule has 4 nitrogen and oxygen atoms in total. The van der Waals surface area contributed by atoms with Crippen molar-refractivity contribution in [1.29, 1.82) is 0 Å². The smallest absolute Gasteiger partial charge is 0.224 e. The van der Waals surface area contributed by atoms with Crippen molar-refractivity contribution in [2.75, 3.05) is 11.1 Å². The van der Waals surface area contributed by atoms with Gasteiger partial charge in [-0.2, -0.15) is 12.6 Å². The zero-order valence-electron chi connectivity index (χ0n) is 11.7. The highest BCUT2D eigenvalue weighted by Crippen LogP contribution is 2.16. The molecule has 2 aromatic rings. The molecule has 1 aromatic carbocycles. The van der Waals surface area contributed by atoms with Crippen LogP contribution in [0.2, 0.25) is 0 Å². The number of thiol groups is 1. The van der Waals surface area contributed by atoms with Gasteiger partial charge in [-0.1, -0.05) is 18.2 Å². The SMILES string of the molecule is O=C(CS)CCCCC(=O)Nc1cnc2ccccc2c1. The first-order valence-corrected chi connectivity index (χ1v) is 7.59. The highest BCUT2D eigenvalue weighted by atomic mass is 32.1. The van der Waals surface area contributed by atoms with Crippen molar-refractivity contribution in [3.63, 3.8) is 0 Å². The van der Waals surface area contributed by atoms with E-state index in [2.05, 4.69) is 22.9 Å². The maximum atomic E-state index is 11.8. The lowest BCUT2D eigenvalue weighted by atomic mass is 10.1. The maximum absolute atomic E-state index is 11.8. The summed E-state index contributed by atoms with van der Waals surface area (Å²) in [6.45, 7) is 0. The summed E-state index contributed by atoms with van der Waals surface area (Å²) in [5, 5.41) is 3.83. The van der Waals surface area contributed by atoms with Crippen molar-refractivity contribution in [2.24, 2.45) is 0 Å². The number of para-hydroxylation sites is 1. The quantitative estimate of drug-likeness (QED) is 0.610. The standard InChI is InChI=1S/C16H18N2O2S/c19-14(11-21)6-2-4-8-16(20)18-13-9-12-5-1-3-7-15(12)17-10-13/h1,3,5,7,9-10,21H,2,4,6,8,11H2,(H,18,20). The number of aromatic nitrogens is 1. The summed E-state index contributed by atoms with van der Waals surface area (Å²) in [5.74, 6) is 0.345. The van der Waals surface area contributed by atoms with Gasteiger partial charge < -0.3 is 5.32 Å². The Morgan fingerprint density at radius 3 is 2.71 bits per heavy atom. The topological polar surface area (TPSA) is 59.1 Å². The lowest BCUT2D eigenvalue weighted by Crippen LogP contribution is -2.11. The van der Waals surface area contributed by atoms with E-state index in [-0.39, 0.29) is 17.4 Å². The monoisotopic (exact) mass is 302 g/mol. The highest BCUT2D eigenvalue weighted by Gasteiger charge is 2.05. The van der Waals surface area contributed by atoms with E-state index in [4.69, 9.17) is 0 Å². The molecule has 1 N–H and O–H groups in total. The molecule has 110 valence electrons. The third-order valence-electron chi connectivity index (χ3n) is 3.16. The molecule has 0 aliphatic carbocycles. The van der Waals surface area contributed by atoms with E-state index < -0.39 is 0 Å². The average molecular weight is 302 g/mol. The van der Waals surface area contributed by atoms with Crippen LogP contribution in [0.5, 0.6) is 0 Å². The molecule has 0 spiro atoms. The number of anilines is 1. The average Bonchev–Trinajstić information content (AvgIpc) is 2.51. The van der Waals surface area contributed by atoms with Crippen molar-refractivity contribution >= 4 is 40.9 Å². The van der Waals surface area contributed by atoms with Gasteiger partial charge in [0.05, 0.1) is 17.4 Å². The van der Waals surface area contributed by atoms with E-state index in [1.165, 1.54) is 0 Å². The second-order valence-corrected chi connectivity index (χ2v) is 5.18. The highest BCUT2D eigenvalue weighted by molar-refractivity contribution is 7.81. The fourth-order valence-electron chi connectivity index (χ4n) is 2.05. The number of benzene rings is 1. The second kappa shape index (κ2) is 7.78. The molecule has 0 saturated heterocycles. The zero-order valence-corrected chi connectivity index (χ0v) is 12.6. The Labute approximate surface area is 129 Å². The zero-order chi connectivity index (χ0) is 15.1. The molecule has 1 aromatic heterocycles. The van der Waals surface area contributed by atoms with Crippen LogP contribution in [0.25, 0.3) is 10.9 Å². The number of hydrogen-bond acceptors (Lipinski definition) is 4. The number of hydrogen-bond donors (Lipinski definition) is 2. The number of nitrogens with one attached hydrogen (secondary N) is 1. The normalized spacial score (nSPS) is 10.5. The predicted molar refractivity (Wildman–Crippen MR) is 87.7 cm³/mol. The summed E-state index contributed by atoms with van der Waals surface area (Å²) in [4.78, 5) is 27.2. The molecule has 0 radical (unpaired) electrons. The van der Waals surface area contributed by atoms with Crippen molar-refractivity contribution in [3.8, 4) is 0 Å². The predicted octanol–water partition coefficient (Wildman–Crippen LogP) is 3.23. The Morgan fingerprint density at radius 2 is 1.90 bits per heavy atom. The third kappa shape index (κ3) is 4.86. The number of rotatable bonds is 7. The van der Waals surface area contributed by atoms with Crippen molar-refractivity contribution in [1.82, 2.24) is 4.98 Å². The number of amides is 1. The molecule has 0 unspecified atom stereocenters. The summed E-state index contributed by atoms with van der Waals surface area (Å²) in [7, 11) is 0. The van der Waals surface area contributed by atoms with Crippen molar-refractivity contribution in [3.05, 3.63) is 36.5 Å². The van der Waals surface area contributed by atoms with Gasteiger partial charge >= 0.3 is 0 Å². The van der Waals surface area contributed by atoms with Gasteiger partial charge in [0.1, 0.15) is 5.78 Å². The van der Waals surface area contributed by atoms with Gasteiger partial charge in [-0.15, -0.1) is 0 Å². The maximum Gasteiger partial charge on any atom is 0.224 e. The van der Waals surface area contributed by atoms with Crippen LogP contribution in [0.4, 0.5) is 5.69 Å². The summed E-state index contributed by atoms with van der Waals surface area (Å²) in [5.41, 5.74) is 1.60. The molecular formula is C16H18N2O2S. The van der Waals surface area contributed by atoms with Crippen LogP contribution < -0.4 is 5.32 Å². The summed E-state index contributed by atoms with van der Waals surface area (Å²) in [6.07, 6.45) is 3.99. The van der Waals surface area contributed by atoms with Gasteiger partial charge in [-0.05, 0) is 25.0 Å². The first kappa shape index (κ1) is 15.5. The number of ketones is 1. The molecule has 1 amide bonds. The Balaban J connectivity index is 1.82. The largest absolute Gasteiger partial charge is 0.325 e. The first-order chi connectivity index (χ1) is 10.2. The van der Waals surface area contributed by atoms with E-state index in [1.54, 1.807) is 6.20 Å². The van der Waals surface area contributed by atoms with Crippen LogP contribution in [0, 0.1) is 0 Å². The molecule has 0 aliphatic rings. The number of carbonyl (C=O) groups excluding carboxylic acids is 2. The van der Waals surface area contributed by atoms with Gasteiger partial charge in [0.15, 0.2) is 0 Å². The van der Waals surface area contributed by atoms with Crippen LogP contribution >= 0.6 is 12.6 Å². The molecule has 0 bridgehead atoms. The van der Waals surface area contributed by atoms with Crippen LogP contribution in [-0.4, -0.2) is 22.4 Å². The molecule has 0 saturated carbocycles. The molecule has 1 heterocycles. The number of unbranched alkanes of at least 4 members (excludes halogenated alkanes) is 1. The minimum absolute atomic E-state index is 0.0506. The number of Topliss-reactive ketones (excluding diaryl/α,β-unsaturated/α-hetero) is 1. The van der Waals surface area contributed by atoms with E-state index in [0.29, 0.717) is 24.9 Å². The van der Waals surface area contributed by atoms with Crippen LogP contribution in [-0.2, 0) is 9.59 Å². The molecule has 0 fully saturated rings. The van der Waals surface area contributed by atoms with Crippen molar-refractivity contribution < 1.29 is 9.59 Å². The third-order valence-corrected chi connectivity index (χ3v) is 3.51. The van der Waals surface area contributed by atoms with Crippen LogP contribution in [0.15, 0.2) is 36.5 Å². The Hall–Kier alpha value is -1.88. The summed E-state index contributed by atoms with van der Waals surface area (Å²) >= 11 is 3.92. The van der Waals surface area contributed by atoms with E-state index in [9.17, 15) is 9.59 Å². The van der Waals surface area contributed by atoms with Gasteiger partial charge in [0, 0.05) is 24.0 Å². The first-order valence-electron chi connectivity index (χ1n) is 6.96. The van der Waals surface area contributed by atoms with E-state index >= 15 is 0 Å². The van der Waals surface area contributed by atoms with Crippen LogP contribution in [0.1, 0.15) is 25.7 Å². The number of pyridine rings is 1. The Bertz CT molecular complexity index is 643. The lowest BCUT2D eigenvalue weighted by molar-refractivity contribution is -0.118. The number of carbonyl (C=O) groups is 2. The summed E-state index contributed by atoms with van der Waals surface area (Å²) in [6, 6.07) is 9.67. The van der Waals surface area contributed by atoms with E-state index in [0.717, 1.165) is 17.3 Å². The fourth-order valence-corrected chi connectivity index (χ4v) is 2.21. The van der Waals surface area contributed by atoms with Crippen molar-refractivity contribution in [2.45, 2.75) is 25.7 Å². The van der Waals surface area contributed by atoms with Gasteiger partial charge in [0.2, 0.25) is 5.91 Å². The minimum Gasteiger partial charge on any atom is -0.325 e. The number of fused-ring (bicyclic) bond motifs is 1. The Kier molecular flexibility index (Phi) is 5.75. The molecule has 2 rings (SSSR count). The number of nitrogens with zero attached hydrogens (tertiary/aromatic N) is 1. The van der Waals surface area contributed by atoms with Crippen LogP contribution in [0.3, 0.4) is 0 Å². The molecule has 0 aliphatic heterocycles. The minimum atomic E-state index is -0.0506. The molecule has 21 heavy (non-hydrogen) atoms. The van der Waals surface area contributed by atoms with Gasteiger partial charge in [-0.3, -0.25) is 14.6 Å². The summed E-state index contributed by atoms with van der Waals surface area (Å²) < 4.78 is 0. The Morgan fingerprint density at radius 1 is 1.14 bits per heavy atom. The van der Waals surface area contributed by atoms with E-state index in [1.807, 2.05) is 30.3 Å². The molecular weight excluding hydrogens is 284 g/mol. The second-order valence-electron chi connectivity index (χ2n) is 4.87. The van der Waals surface area contributed by atoms with Gasteiger partial charge in [-0.25, -0.2) is 0 Å². The molecule has 0 atom stereocenters. The molecule has 5 heteroatoms. The lowest BCUT2D eigenvalue weighted by Gasteiger charge is -2.06.